The molecule has 0 bridgehead atoms. The first kappa shape index (κ1) is 14.2. The number of benzene rings is 1. The summed E-state index contributed by atoms with van der Waals surface area (Å²) in [4.78, 5) is 24.3. The highest BCUT2D eigenvalue weighted by Gasteiger charge is 2.17. The predicted octanol–water partition coefficient (Wildman–Crippen LogP) is 1.16. The number of rotatable bonds is 4. The van der Waals surface area contributed by atoms with E-state index in [1.54, 1.807) is 6.20 Å². The zero-order chi connectivity index (χ0) is 12.3. The maximum atomic E-state index is 11.2. The van der Waals surface area contributed by atoms with Crippen LogP contribution in [0.4, 0.5) is 0 Å². The van der Waals surface area contributed by atoms with Gasteiger partial charge in [-0.2, -0.15) is 0 Å². The number of aromatic nitrogens is 1. The number of carbonyl (C=O) groups is 2. The molecule has 18 heavy (non-hydrogen) atoms. The zero-order valence-corrected chi connectivity index (χ0v) is 10.3. The third-order valence-electron chi connectivity index (χ3n) is 2.58. The lowest BCUT2D eigenvalue weighted by atomic mass is 10.1. The molecule has 1 aromatic carbocycles. The van der Waals surface area contributed by atoms with E-state index in [4.69, 9.17) is 5.73 Å². The lowest BCUT2D eigenvalue weighted by molar-refractivity contribution is -0.152. The summed E-state index contributed by atoms with van der Waals surface area (Å²) in [6.45, 7) is 0.0947. The Kier molecular flexibility index (Phi) is 4.88. The molecule has 0 spiro atoms. The second kappa shape index (κ2) is 6.18. The van der Waals surface area contributed by atoms with E-state index in [2.05, 4.69) is 9.72 Å². The second-order valence-electron chi connectivity index (χ2n) is 3.70. The third kappa shape index (κ3) is 2.88. The minimum absolute atomic E-state index is 0. The first-order valence-electron chi connectivity index (χ1n) is 5.17. The summed E-state index contributed by atoms with van der Waals surface area (Å²) in [5, 5.41) is 1.02. The summed E-state index contributed by atoms with van der Waals surface area (Å²) < 4.78 is 4.21. The second-order valence-corrected chi connectivity index (χ2v) is 3.70. The van der Waals surface area contributed by atoms with Crippen LogP contribution in [0.3, 0.4) is 0 Å². The quantitative estimate of drug-likeness (QED) is 0.495. The van der Waals surface area contributed by atoms with E-state index in [9.17, 15) is 9.59 Å². The first-order chi connectivity index (χ1) is 8.22. The minimum Gasteiger partial charge on any atom is -0.394 e. The lowest BCUT2D eigenvalue weighted by Gasteiger charge is -2.07. The van der Waals surface area contributed by atoms with Crippen molar-refractivity contribution in [2.75, 3.05) is 0 Å². The molecule has 0 saturated carbocycles. The smallest absolute Gasteiger partial charge is 0.330 e. The average Bonchev–Trinajstić information content (AvgIpc) is 2.73. The van der Waals surface area contributed by atoms with E-state index in [1.807, 2.05) is 24.3 Å². The van der Waals surface area contributed by atoms with Gasteiger partial charge in [-0.15, -0.1) is 12.4 Å². The Labute approximate surface area is 110 Å². The van der Waals surface area contributed by atoms with Crippen LogP contribution in [0.1, 0.15) is 5.56 Å². The largest absolute Gasteiger partial charge is 0.394 e. The SMILES string of the molecule is Cl.N[C@@H](Cc1c[nH]c2ccccc12)C(=O)OC=O. The van der Waals surface area contributed by atoms with Gasteiger partial charge in [-0.3, -0.25) is 4.79 Å². The van der Waals surface area contributed by atoms with Crippen molar-refractivity contribution in [2.45, 2.75) is 12.5 Å². The normalized spacial score (nSPS) is 11.6. The van der Waals surface area contributed by atoms with Crippen molar-refractivity contribution in [3.63, 3.8) is 0 Å². The minimum atomic E-state index is -0.834. The number of hydrogen-bond acceptors (Lipinski definition) is 4. The molecule has 96 valence electrons. The van der Waals surface area contributed by atoms with Crippen molar-refractivity contribution < 1.29 is 14.3 Å². The average molecular weight is 269 g/mol. The number of ether oxygens (including phenoxy) is 1. The zero-order valence-electron chi connectivity index (χ0n) is 9.46. The van der Waals surface area contributed by atoms with Crippen molar-refractivity contribution in [1.29, 1.82) is 0 Å². The molecule has 5 nitrogen and oxygen atoms in total. The molecule has 0 saturated heterocycles. The van der Waals surface area contributed by atoms with E-state index in [1.165, 1.54) is 0 Å². The van der Waals surface area contributed by atoms with Crippen molar-refractivity contribution in [3.8, 4) is 0 Å². The van der Waals surface area contributed by atoms with E-state index < -0.39 is 12.0 Å². The number of para-hydroxylation sites is 1. The standard InChI is InChI=1S/C12H12N2O3.ClH/c13-10(12(16)17-7-15)5-8-6-14-11-4-2-1-3-9(8)11;/h1-4,6-7,10,14H,5,13H2;1H/t10-;/m0./s1. The van der Waals surface area contributed by atoms with Gasteiger partial charge in [0.1, 0.15) is 6.04 Å². The maximum absolute atomic E-state index is 11.2. The van der Waals surface area contributed by atoms with Crippen molar-refractivity contribution >= 4 is 35.8 Å². The van der Waals surface area contributed by atoms with Crippen molar-refractivity contribution in [1.82, 2.24) is 4.98 Å². The molecule has 0 amide bonds. The summed E-state index contributed by atoms with van der Waals surface area (Å²) >= 11 is 0. The van der Waals surface area contributed by atoms with Gasteiger partial charge in [0.25, 0.3) is 0 Å². The molecule has 0 radical (unpaired) electrons. The van der Waals surface area contributed by atoms with Crippen LogP contribution >= 0.6 is 12.4 Å². The molecule has 6 heteroatoms. The van der Waals surface area contributed by atoms with Crippen LogP contribution in [0, 0.1) is 0 Å². The van der Waals surface area contributed by atoms with Gasteiger partial charge in [-0.05, 0) is 11.6 Å². The molecule has 0 aliphatic carbocycles. The van der Waals surface area contributed by atoms with E-state index in [-0.39, 0.29) is 18.9 Å². The molecule has 0 aliphatic heterocycles. The number of halogens is 1. The number of esters is 1. The van der Waals surface area contributed by atoms with Crippen LogP contribution in [0.5, 0.6) is 0 Å². The number of nitrogens with two attached hydrogens (primary N) is 1. The number of hydrogen-bond donors (Lipinski definition) is 2. The predicted molar refractivity (Wildman–Crippen MR) is 69.4 cm³/mol. The number of aromatic amines is 1. The molecular formula is C12H13ClN2O3. The van der Waals surface area contributed by atoms with Gasteiger partial charge in [-0.25, -0.2) is 4.79 Å². The Morgan fingerprint density at radius 1 is 1.44 bits per heavy atom. The molecule has 1 atom stereocenters. The highest BCUT2D eigenvalue weighted by Crippen LogP contribution is 2.18. The summed E-state index contributed by atoms with van der Waals surface area (Å²) in [6, 6.07) is 6.88. The Hall–Kier alpha value is -1.85. The number of nitrogens with one attached hydrogen (secondary N) is 1. The summed E-state index contributed by atoms with van der Waals surface area (Å²) in [5.74, 6) is -0.717. The van der Waals surface area contributed by atoms with Gasteiger partial charge in [-0.1, -0.05) is 18.2 Å². The Balaban J connectivity index is 0.00000162. The van der Waals surface area contributed by atoms with Crippen LogP contribution in [0.25, 0.3) is 10.9 Å². The Morgan fingerprint density at radius 3 is 2.89 bits per heavy atom. The summed E-state index contributed by atoms with van der Waals surface area (Å²) in [6.07, 6.45) is 2.13. The molecule has 2 rings (SSSR count). The topological polar surface area (TPSA) is 85.2 Å². The van der Waals surface area contributed by atoms with Crippen molar-refractivity contribution in [3.05, 3.63) is 36.0 Å². The maximum Gasteiger partial charge on any atom is 0.330 e. The van der Waals surface area contributed by atoms with Gasteiger partial charge in [0.05, 0.1) is 0 Å². The number of H-pyrrole nitrogens is 1. The van der Waals surface area contributed by atoms with Crippen molar-refractivity contribution in [2.24, 2.45) is 5.73 Å². The molecule has 0 unspecified atom stereocenters. The molecule has 0 aliphatic rings. The number of carbonyl (C=O) groups excluding carboxylic acids is 2. The molecule has 0 fully saturated rings. The fraction of sp³-hybridized carbons (Fsp3) is 0.167. The van der Waals surface area contributed by atoms with Gasteiger partial charge in [0, 0.05) is 23.5 Å². The van der Waals surface area contributed by atoms with Gasteiger partial charge in [0.15, 0.2) is 0 Å². The van der Waals surface area contributed by atoms with Crippen LogP contribution in [-0.2, 0) is 20.7 Å². The fourth-order valence-electron chi connectivity index (χ4n) is 1.76. The van der Waals surface area contributed by atoms with Gasteiger partial charge in [0.2, 0.25) is 0 Å². The highest BCUT2D eigenvalue weighted by molar-refractivity contribution is 5.86. The third-order valence-corrected chi connectivity index (χ3v) is 2.58. The molecule has 1 aromatic heterocycles. The Morgan fingerprint density at radius 2 is 2.17 bits per heavy atom. The molecule has 3 N–H and O–H groups in total. The van der Waals surface area contributed by atoms with E-state index in [0.717, 1.165) is 16.5 Å². The molecular weight excluding hydrogens is 256 g/mol. The van der Waals surface area contributed by atoms with Crippen LogP contribution in [0.15, 0.2) is 30.5 Å². The van der Waals surface area contributed by atoms with Crippen LogP contribution in [-0.4, -0.2) is 23.5 Å². The van der Waals surface area contributed by atoms with Crippen LogP contribution < -0.4 is 5.73 Å². The lowest BCUT2D eigenvalue weighted by Crippen LogP contribution is -2.34. The highest BCUT2D eigenvalue weighted by atomic mass is 35.5. The monoisotopic (exact) mass is 268 g/mol. The molecule has 1 heterocycles. The fourth-order valence-corrected chi connectivity index (χ4v) is 1.76. The van der Waals surface area contributed by atoms with Gasteiger partial charge >= 0.3 is 12.4 Å². The molecule has 2 aromatic rings. The number of fused-ring (bicyclic) bond motifs is 1. The first-order valence-corrected chi connectivity index (χ1v) is 5.17. The van der Waals surface area contributed by atoms with E-state index >= 15 is 0 Å². The summed E-state index contributed by atoms with van der Waals surface area (Å²) in [7, 11) is 0. The van der Waals surface area contributed by atoms with Crippen LogP contribution in [0.2, 0.25) is 0 Å². The van der Waals surface area contributed by atoms with Gasteiger partial charge < -0.3 is 15.5 Å². The summed E-state index contributed by atoms with van der Waals surface area (Å²) in [5.41, 5.74) is 7.55. The van der Waals surface area contributed by atoms with E-state index in [0.29, 0.717) is 6.42 Å². The Bertz CT molecular complexity index is 553.